The van der Waals surface area contributed by atoms with Gasteiger partial charge in [-0.2, -0.15) is 0 Å². The van der Waals surface area contributed by atoms with Crippen LogP contribution in [-0.4, -0.2) is 12.1 Å². The first kappa shape index (κ1) is 24.9. The largest absolute Gasteiger partial charge is 0.462 e. The smallest absolute Gasteiger partial charge is 0.302 e. The molecule has 192 valence electrons. The van der Waals surface area contributed by atoms with Crippen LogP contribution in [-0.2, 0) is 9.53 Å². The number of hydrogen-bond donors (Lipinski definition) is 0. The molecule has 0 bridgehead atoms. The third-order valence-corrected chi connectivity index (χ3v) is 13.3. The van der Waals surface area contributed by atoms with E-state index in [-0.39, 0.29) is 17.5 Å². The van der Waals surface area contributed by atoms with Gasteiger partial charge in [-0.15, -0.1) is 0 Å². The van der Waals surface area contributed by atoms with Gasteiger partial charge in [0.2, 0.25) is 0 Å². The van der Waals surface area contributed by atoms with Crippen LogP contribution < -0.4 is 0 Å². The number of rotatable bonds is 5. The Hall–Kier alpha value is -0.790. The lowest BCUT2D eigenvalue weighted by Gasteiger charge is -2.63. The van der Waals surface area contributed by atoms with Gasteiger partial charge in [-0.3, -0.25) is 4.79 Å². The molecule has 0 heterocycles. The molecule has 9 atom stereocenters. The third-order valence-electron chi connectivity index (χ3n) is 13.3. The molecule has 0 amide bonds. The summed E-state index contributed by atoms with van der Waals surface area (Å²) in [5.41, 5.74) is 3.71. The highest BCUT2D eigenvalue weighted by atomic mass is 16.5. The predicted molar refractivity (Wildman–Crippen MR) is 140 cm³/mol. The van der Waals surface area contributed by atoms with E-state index in [1.807, 2.05) is 0 Å². The van der Waals surface area contributed by atoms with Gasteiger partial charge in [0.25, 0.3) is 0 Å². The summed E-state index contributed by atoms with van der Waals surface area (Å²) in [6.45, 7) is 18.9. The summed E-state index contributed by atoms with van der Waals surface area (Å²) in [5.74, 6) is 3.27. The lowest BCUT2D eigenvalue weighted by atomic mass is 9.41. The van der Waals surface area contributed by atoms with Crippen molar-refractivity contribution in [1.82, 2.24) is 0 Å². The van der Waals surface area contributed by atoms with Crippen molar-refractivity contribution < 1.29 is 9.53 Å². The summed E-state index contributed by atoms with van der Waals surface area (Å²) >= 11 is 0. The van der Waals surface area contributed by atoms with Crippen LogP contribution in [0.4, 0.5) is 0 Å². The molecule has 2 nitrogen and oxygen atoms in total. The molecule has 5 saturated carbocycles. The van der Waals surface area contributed by atoms with E-state index in [1.54, 1.807) is 6.92 Å². The molecule has 0 aromatic rings. The molecule has 5 rings (SSSR count). The number of carbonyl (C=O) groups is 1. The maximum Gasteiger partial charge on any atom is 0.302 e. The van der Waals surface area contributed by atoms with Gasteiger partial charge in [-0.05, 0) is 130 Å². The van der Waals surface area contributed by atoms with Gasteiger partial charge in [-0.1, -0.05) is 46.3 Å². The zero-order valence-corrected chi connectivity index (χ0v) is 23.6. The maximum absolute atomic E-state index is 11.8. The minimum atomic E-state index is -0.0927. The highest BCUT2D eigenvalue weighted by Gasteiger charge is 2.82. The Bertz CT molecular complexity index is 866. The quantitative estimate of drug-likeness (QED) is 0.298. The van der Waals surface area contributed by atoms with Gasteiger partial charge in [0.05, 0.1) is 0 Å². The number of esters is 1. The summed E-state index contributed by atoms with van der Waals surface area (Å²) in [4.78, 5) is 11.8. The topological polar surface area (TPSA) is 26.3 Å². The monoisotopic (exact) mass is 468 g/mol. The summed E-state index contributed by atoms with van der Waals surface area (Å²) in [6.07, 6.45) is 17.6. The van der Waals surface area contributed by atoms with E-state index < -0.39 is 0 Å². The second-order valence-corrected chi connectivity index (χ2v) is 14.9. The van der Waals surface area contributed by atoms with Crippen molar-refractivity contribution in [2.45, 2.75) is 132 Å². The number of hydrogen-bond acceptors (Lipinski definition) is 2. The lowest BCUT2D eigenvalue weighted by Crippen LogP contribution is -2.58. The third kappa shape index (κ3) is 3.14. The van der Waals surface area contributed by atoms with Crippen molar-refractivity contribution in [1.29, 1.82) is 0 Å². The zero-order valence-electron chi connectivity index (χ0n) is 23.6. The molecule has 0 aliphatic heterocycles. The first-order valence-electron chi connectivity index (χ1n) is 14.6. The fourth-order valence-electron chi connectivity index (χ4n) is 11.5. The van der Waals surface area contributed by atoms with Crippen molar-refractivity contribution in [2.75, 3.05) is 0 Å². The molecule has 2 spiro atoms. The van der Waals surface area contributed by atoms with Crippen LogP contribution in [0.15, 0.2) is 11.6 Å². The van der Waals surface area contributed by atoms with Crippen molar-refractivity contribution in [2.24, 2.45) is 50.7 Å². The Labute approximate surface area is 210 Å². The summed E-state index contributed by atoms with van der Waals surface area (Å²) in [5, 5.41) is 0. The van der Waals surface area contributed by atoms with E-state index in [2.05, 4.69) is 54.5 Å². The Morgan fingerprint density at radius 1 is 0.882 bits per heavy atom. The number of fused-ring (bicyclic) bond motifs is 2. The molecule has 0 aromatic carbocycles. The molecule has 5 fully saturated rings. The Morgan fingerprint density at radius 3 is 2.24 bits per heavy atom. The summed E-state index contributed by atoms with van der Waals surface area (Å²) in [6, 6.07) is 0. The average molecular weight is 469 g/mol. The first-order chi connectivity index (χ1) is 15.8. The second-order valence-electron chi connectivity index (χ2n) is 14.9. The predicted octanol–water partition coefficient (Wildman–Crippen LogP) is 8.74. The van der Waals surface area contributed by atoms with Crippen LogP contribution in [0, 0.1) is 50.7 Å². The fraction of sp³-hybridized carbons (Fsp3) is 0.906. The Balaban J connectivity index is 1.39. The SMILES string of the molecule is CC(=O)O[C@H]1CC[C@]23C[C@]24CC[C@]2(C)[C@@H]([C@H](C)CCC=C(C)C)CC[C@@]2(C)[C@H]4CC[C@@H]3C1(C)C. The maximum atomic E-state index is 11.8. The van der Waals surface area contributed by atoms with Crippen LogP contribution >= 0.6 is 0 Å². The standard InChI is InChI=1S/C32H52O2/c1-21(2)10-9-11-22(3)24-14-16-30(8)26-13-12-25-28(5,6)27(34-23(4)33)15-17-31(25)20-32(26,31)19-18-29(24,30)7/h10,22,24-27H,9,11-20H2,1-8H3/t22-,24-,25-,26-,27+,29-,30+,31-,32+/m1/s1. The average Bonchev–Trinajstić information content (AvgIpc) is 3.32. The Kier molecular flexibility index (Phi) is 5.75. The van der Waals surface area contributed by atoms with E-state index >= 15 is 0 Å². The molecule has 2 heteroatoms. The minimum Gasteiger partial charge on any atom is -0.462 e. The van der Waals surface area contributed by atoms with E-state index in [0.29, 0.717) is 21.7 Å². The molecule has 0 aromatic heterocycles. The fourth-order valence-corrected chi connectivity index (χ4v) is 11.5. The van der Waals surface area contributed by atoms with Gasteiger partial charge in [0.1, 0.15) is 6.10 Å². The van der Waals surface area contributed by atoms with Gasteiger partial charge < -0.3 is 4.74 Å². The molecule has 0 N–H and O–H groups in total. The van der Waals surface area contributed by atoms with Gasteiger partial charge in [-0.25, -0.2) is 0 Å². The second kappa shape index (κ2) is 7.85. The van der Waals surface area contributed by atoms with Gasteiger partial charge >= 0.3 is 5.97 Å². The molecule has 34 heavy (non-hydrogen) atoms. The van der Waals surface area contributed by atoms with Crippen molar-refractivity contribution in [3.63, 3.8) is 0 Å². The van der Waals surface area contributed by atoms with Crippen LogP contribution in [0.2, 0.25) is 0 Å². The molecule has 0 saturated heterocycles. The lowest BCUT2D eigenvalue weighted by molar-refractivity contribution is -0.181. The molecular weight excluding hydrogens is 416 g/mol. The van der Waals surface area contributed by atoms with E-state index in [1.165, 1.54) is 69.8 Å². The van der Waals surface area contributed by atoms with Crippen molar-refractivity contribution >= 4 is 5.97 Å². The molecule has 0 unspecified atom stereocenters. The van der Waals surface area contributed by atoms with Crippen LogP contribution in [0.25, 0.3) is 0 Å². The van der Waals surface area contributed by atoms with E-state index in [9.17, 15) is 4.79 Å². The molecule has 5 aliphatic carbocycles. The molecule has 5 aliphatic rings. The summed E-state index contributed by atoms with van der Waals surface area (Å²) in [7, 11) is 0. The van der Waals surface area contributed by atoms with E-state index in [4.69, 9.17) is 4.74 Å². The highest BCUT2D eigenvalue weighted by molar-refractivity contribution is 5.66. The highest BCUT2D eigenvalue weighted by Crippen LogP contribution is 2.89. The number of ether oxygens (including phenoxy) is 1. The van der Waals surface area contributed by atoms with Gasteiger partial charge in [0, 0.05) is 12.3 Å². The minimum absolute atomic E-state index is 0.0927. The Morgan fingerprint density at radius 2 is 1.56 bits per heavy atom. The van der Waals surface area contributed by atoms with E-state index in [0.717, 1.165) is 30.1 Å². The van der Waals surface area contributed by atoms with Crippen LogP contribution in [0.1, 0.15) is 126 Å². The van der Waals surface area contributed by atoms with Crippen LogP contribution in [0.5, 0.6) is 0 Å². The van der Waals surface area contributed by atoms with Crippen LogP contribution in [0.3, 0.4) is 0 Å². The molecule has 0 radical (unpaired) electrons. The van der Waals surface area contributed by atoms with Gasteiger partial charge in [0.15, 0.2) is 0 Å². The zero-order chi connectivity index (χ0) is 24.7. The normalized spacial score (nSPS) is 49.1. The number of allylic oxidation sites excluding steroid dienone is 2. The summed E-state index contributed by atoms with van der Waals surface area (Å²) < 4.78 is 5.90. The van der Waals surface area contributed by atoms with Crippen molar-refractivity contribution in [3.8, 4) is 0 Å². The van der Waals surface area contributed by atoms with Crippen molar-refractivity contribution in [3.05, 3.63) is 11.6 Å². The molecular formula is C32H52O2. The first-order valence-corrected chi connectivity index (χ1v) is 14.6. The number of carbonyl (C=O) groups excluding carboxylic acids is 1.